The molecule has 5 rings (SSSR count). The molecule has 0 atom stereocenters. The van der Waals surface area contributed by atoms with Crippen LogP contribution in [0.5, 0.6) is 11.5 Å². The van der Waals surface area contributed by atoms with E-state index >= 15 is 4.39 Å². The van der Waals surface area contributed by atoms with Gasteiger partial charge in [-0.2, -0.15) is 4.39 Å². The van der Waals surface area contributed by atoms with Crippen LogP contribution in [0.3, 0.4) is 0 Å². The summed E-state index contributed by atoms with van der Waals surface area (Å²) in [6.07, 6.45) is 4.77. The number of amides is 2. The van der Waals surface area contributed by atoms with Crippen molar-refractivity contribution in [2.45, 2.75) is 0 Å². The molecule has 0 aliphatic carbocycles. The molecule has 0 spiro atoms. The lowest BCUT2D eigenvalue weighted by atomic mass is 10.2. The zero-order chi connectivity index (χ0) is 25.9. The minimum Gasteiger partial charge on any atom is -0.451 e. The largest absolute Gasteiger partial charge is 0.451 e. The molecule has 2 aromatic heterocycles. The Kier molecular flexibility index (Phi) is 6.33. The molecule has 0 radical (unpaired) electrons. The number of benzene rings is 3. The number of rotatable bonds is 5. The SMILES string of the molecule is O=C(Nc1cccc(F)c1)Nc1cc(F)c(F)c(Oc2ccc3ncc(-c4cccnc4)nc3c2)c1F. The van der Waals surface area contributed by atoms with Crippen LogP contribution in [-0.2, 0) is 0 Å². The van der Waals surface area contributed by atoms with Crippen LogP contribution in [-0.4, -0.2) is 21.0 Å². The van der Waals surface area contributed by atoms with E-state index in [0.717, 1.165) is 6.07 Å². The summed E-state index contributed by atoms with van der Waals surface area (Å²) in [6.45, 7) is 0. The van der Waals surface area contributed by atoms with Crippen molar-refractivity contribution in [2.24, 2.45) is 0 Å². The third-order valence-electron chi connectivity index (χ3n) is 5.14. The molecule has 0 saturated heterocycles. The Labute approximate surface area is 206 Å². The number of anilines is 2. The predicted octanol–water partition coefficient (Wildman–Crippen LogP) is 6.68. The molecule has 3 aromatic carbocycles. The lowest BCUT2D eigenvalue weighted by Crippen LogP contribution is -2.20. The standard InChI is InChI=1S/C26H15F4N5O2/c27-15-4-1-5-16(9-15)33-26(36)35-21-11-18(28)23(29)25(24(21)30)37-17-6-7-19-20(10-17)34-22(13-32-19)14-3-2-8-31-12-14/h1-13H,(H2,33,35,36). The number of carbonyl (C=O) groups excluding carboxylic acids is 1. The van der Waals surface area contributed by atoms with Crippen molar-refractivity contribution in [2.75, 3.05) is 10.6 Å². The van der Waals surface area contributed by atoms with Crippen LogP contribution in [0.4, 0.5) is 33.7 Å². The summed E-state index contributed by atoms with van der Waals surface area (Å²) < 4.78 is 62.5. The Morgan fingerprint density at radius 1 is 0.838 bits per heavy atom. The summed E-state index contributed by atoms with van der Waals surface area (Å²) in [4.78, 5) is 25.0. The molecule has 2 N–H and O–H groups in total. The average molecular weight is 505 g/mol. The van der Waals surface area contributed by atoms with Gasteiger partial charge in [-0.15, -0.1) is 0 Å². The highest BCUT2D eigenvalue weighted by Gasteiger charge is 2.23. The van der Waals surface area contributed by atoms with E-state index in [1.165, 1.54) is 36.4 Å². The highest BCUT2D eigenvalue weighted by molar-refractivity contribution is 6.00. The number of halogens is 4. The van der Waals surface area contributed by atoms with Gasteiger partial charge < -0.3 is 15.4 Å². The fraction of sp³-hybridized carbons (Fsp3) is 0. The van der Waals surface area contributed by atoms with Gasteiger partial charge in [0.05, 0.1) is 28.6 Å². The van der Waals surface area contributed by atoms with Crippen LogP contribution in [0.2, 0.25) is 0 Å². The van der Waals surface area contributed by atoms with E-state index in [1.54, 1.807) is 30.7 Å². The van der Waals surface area contributed by atoms with Gasteiger partial charge in [0.15, 0.2) is 11.6 Å². The maximum atomic E-state index is 15.1. The van der Waals surface area contributed by atoms with Crippen molar-refractivity contribution >= 4 is 28.4 Å². The second-order valence-electron chi connectivity index (χ2n) is 7.70. The summed E-state index contributed by atoms with van der Waals surface area (Å²) in [5.74, 6) is -6.15. The van der Waals surface area contributed by atoms with Crippen LogP contribution in [0.15, 0.2) is 79.3 Å². The number of hydrogen-bond acceptors (Lipinski definition) is 5. The number of ether oxygens (including phenoxy) is 1. The molecule has 0 unspecified atom stereocenters. The van der Waals surface area contributed by atoms with E-state index in [2.05, 4.69) is 25.6 Å². The summed E-state index contributed by atoms with van der Waals surface area (Å²) in [5, 5.41) is 4.33. The lowest BCUT2D eigenvalue weighted by molar-refractivity contribution is 0.262. The first-order valence-electron chi connectivity index (χ1n) is 10.7. The molecule has 37 heavy (non-hydrogen) atoms. The first-order chi connectivity index (χ1) is 17.9. The first kappa shape index (κ1) is 23.7. The second kappa shape index (κ2) is 9.90. The van der Waals surface area contributed by atoms with Crippen LogP contribution in [0.1, 0.15) is 0 Å². The normalized spacial score (nSPS) is 10.8. The molecule has 0 aliphatic rings. The quantitative estimate of drug-likeness (QED) is 0.205. The van der Waals surface area contributed by atoms with E-state index in [-0.39, 0.29) is 11.4 Å². The number of nitrogens with one attached hydrogen (secondary N) is 2. The Balaban J connectivity index is 1.42. The fourth-order valence-corrected chi connectivity index (χ4v) is 3.44. The van der Waals surface area contributed by atoms with Gasteiger partial charge in [-0.3, -0.25) is 9.97 Å². The molecule has 7 nitrogen and oxygen atoms in total. The first-order valence-corrected chi connectivity index (χ1v) is 10.7. The van der Waals surface area contributed by atoms with Crippen molar-refractivity contribution < 1.29 is 27.1 Å². The van der Waals surface area contributed by atoms with E-state index in [4.69, 9.17) is 4.74 Å². The van der Waals surface area contributed by atoms with Gasteiger partial charge in [0.25, 0.3) is 0 Å². The van der Waals surface area contributed by atoms with Gasteiger partial charge in [0.2, 0.25) is 11.6 Å². The number of pyridine rings is 1. The molecule has 2 heterocycles. The van der Waals surface area contributed by atoms with Crippen molar-refractivity contribution in [3.8, 4) is 22.8 Å². The summed E-state index contributed by atoms with van der Waals surface area (Å²) in [6, 6.07) is 12.2. The Morgan fingerprint density at radius 3 is 2.49 bits per heavy atom. The number of aromatic nitrogens is 3. The number of carbonyl (C=O) groups is 1. The number of fused-ring (bicyclic) bond motifs is 1. The highest BCUT2D eigenvalue weighted by atomic mass is 19.2. The zero-order valence-corrected chi connectivity index (χ0v) is 18.7. The molecule has 0 fully saturated rings. The van der Waals surface area contributed by atoms with Crippen molar-refractivity contribution in [3.63, 3.8) is 0 Å². The van der Waals surface area contributed by atoms with E-state index < -0.39 is 40.7 Å². The molecular weight excluding hydrogens is 490 g/mol. The highest BCUT2D eigenvalue weighted by Crippen LogP contribution is 2.35. The van der Waals surface area contributed by atoms with E-state index in [9.17, 15) is 18.0 Å². The van der Waals surface area contributed by atoms with E-state index in [1.807, 2.05) is 0 Å². The monoisotopic (exact) mass is 505 g/mol. The molecule has 0 aliphatic heterocycles. The van der Waals surface area contributed by atoms with Gasteiger partial charge in [-0.1, -0.05) is 6.07 Å². The van der Waals surface area contributed by atoms with Gasteiger partial charge in [0, 0.05) is 35.8 Å². The number of hydrogen-bond donors (Lipinski definition) is 2. The van der Waals surface area contributed by atoms with Crippen LogP contribution < -0.4 is 15.4 Å². The van der Waals surface area contributed by atoms with Gasteiger partial charge in [0.1, 0.15) is 11.6 Å². The molecule has 0 saturated carbocycles. The van der Waals surface area contributed by atoms with Crippen LogP contribution in [0, 0.1) is 23.3 Å². The zero-order valence-electron chi connectivity index (χ0n) is 18.7. The maximum absolute atomic E-state index is 15.1. The molecular formula is C26H15F4N5O2. The van der Waals surface area contributed by atoms with Crippen molar-refractivity contribution in [1.82, 2.24) is 15.0 Å². The molecule has 5 aromatic rings. The molecule has 2 amide bonds. The smallest absolute Gasteiger partial charge is 0.323 e. The third-order valence-corrected chi connectivity index (χ3v) is 5.14. The maximum Gasteiger partial charge on any atom is 0.323 e. The second-order valence-corrected chi connectivity index (χ2v) is 7.70. The van der Waals surface area contributed by atoms with Gasteiger partial charge >= 0.3 is 6.03 Å². The predicted molar refractivity (Wildman–Crippen MR) is 128 cm³/mol. The van der Waals surface area contributed by atoms with E-state index in [0.29, 0.717) is 28.4 Å². The Hall–Kier alpha value is -5.06. The summed E-state index contributed by atoms with van der Waals surface area (Å²) in [7, 11) is 0. The third kappa shape index (κ3) is 5.15. The minimum absolute atomic E-state index is 0.0521. The molecule has 11 heteroatoms. The summed E-state index contributed by atoms with van der Waals surface area (Å²) >= 11 is 0. The minimum atomic E-state index is -1.59. The van der Waals surface area contributed by atoms with Crippen LogP contribution >= 0.6 is 0 Å². The molecule has 184 valence electrons. The van der Waals surface area contributed by atoms with Crippen molar-refractivity contribution in [3.05, 3.63) is 103 Å². The average Bonchev–Trinajstić information content (AvgIpc) is 2.90. The lowest BCUT2D eigenvalue weighted by Gasteiger charge is -2.14. The number of nitrogens with zero attached hydrogens (tertiary/aromatic N) is 3. The summed E-state index contributed by atoms with van der Waals surface area (Å²) in [5.41, 5.74) is 1.43. The number of urea groups is 1. The topological polar surface area (TPSA) is 89.0 Å². The van der Waals surface area contributed by atoms with Crippen LogP contribution in [0.25, 0.3) is 22.3 Å². The molecule has 0 bridgehead atoms. The Morgan fingerprint density at radius 2 is 1.70 bits per heavy atom. The van der Waals surface area contributed by atoms with Gasteiger partial charge in [-0.25, -0.2) is 22.9 Å². The Bertz CT molecular complexity index is 1630. The van der Waals surface area contributed by atoms with Gasteiger partial charge in [-0.05, 0) is 42.5 Å². The van der Waals surface area contributed by atoms with Crippen molar-refractivity contribution in [1.29, 1.82) is 0 Å². The fourth-order valence-electron chi connectivity index (χ4n) is 3.44.